The Hall–Kier alpha value is -1.80. The topological polar surface area (TPSA) is 84.5 Å². The third kappa shape index (κ3) is 6.39. The van der Waals surface area contributed by atoms with Crippen molar-refractivity contribution >= 4 is 39.1 Å². The molecule has 9 heteroatoms. The van der Waals surface area contributed by atoms with E-state index in [2.05, 4.69) is 10.0 Å². The lowest BCUT2D eigenvalue weighted by Gasteiger charge is -2.12. The molecular weight excluding hydrogens is 411 g/mol. The van der Waals surface area contributed by atoms with E-state index in [1.54, 1.807) is 26.0 Å². The van der Waals surface area contributed by atoms with Crippen LogP contribution in [0.3, 0.4) is 0 Å². The van der Waals surface area contributed by atoms with Gasteiger partial charge < -0.3 is 10.1 Å². The molecule has 0 saturated heterocycles. The number of ether oxygens (including phenoxy) is 1. The van der Waals surface area contributed by atoms with Crippen molar-refractivity contribution in [3.05, 3.63) is 58.1 Å². The fraction of sp³-hybridized carbons (Fsp3) is 0.278. The molecule has 0 aliphatic heterocycles. The van der Waals surface area contributed by atoms with Crippen molar-refractivity contribution in [1.82, 2.24) is 10.0 Å². The summed E-state index contributed by atoms with van der Waals surface area (Å²) in [6.07, 6.45) is 0. The molecule has 2 N–H and O–H groups in total. The van der Waals surface area contributed by atoms with Crippen molar-refractivity contribution in [2.75, 3.05) is 6.61 Å². The molecule has 0 saturated carbocycles. The van der Waals surface area contributed by atoms with Crippen molar-refractivity contribution in [3.8, 4) is 5.75 Å². The Morgan fingerprint density at radius 1 is 1.11 bits per heavy atom. The van der Waals surface area contributed by atoms with Crippen LogP contribution >= 0.6 is 23.2 Å². The number of hydrogen-bond donors (Lipinski definition) is 2. The Bertz CT molecular complexity index is 917. The van der Waals surface area contributed by atoms with Gasteiger partial charge in [-0.1, -0.05) is 41.4 Å². The van der Waals surface area contributed by atoms with Gasteiger partial charge >= 0.3 is 0 Å². The van der Waals surface area contributed by atoms with Crippen molar-refractivity contribution in [3.63, 3.8) is 0 Å². The Kier molecular flexibility index (Phi) is 7.49. The van der Waals surface area contributed by atoms with Gasteiger partial charge in [0.1, 0.15) is 5.75 Å². The van der Waals surface area contributed by atoms with Crippen molar-refractivity contribution in [2.24, 2.45) is 0 Å². The quantitative estimate of drug-likeness (QED) is 0.671. The molecule has 0 radical (unpaired) electrons. The van der Waals surface area contributed by atoms with Gasteiger partial charge in [-0.2, -0.15) is 0 Å². The fourth-order valence-corrected chi connectivity index (χ4v) is 3.95. The van der Waals surface area contributed by atoms with E-state index in [1.165, 1.54) is 18.2 Å². The van der Waals surface area contributed by atoms with Gasteiger partial charge in [-0.15, -0.1) is 0 Å². The van der Waals surface area contributed by atoms with Crippen molar-refractivity contribution in [2.45, 2.75) is 31.3 Å². The summed E-state index contributed by atoms with van der Waals surface area (Å²) < 4.78 is 32.1. The largest absolute Gasteiger partial charge is 0.482 e. The van der Waals surface area contributed by atoms with Crippen molar-refractivity contribution in [1.29, 1.82) is 0 Å². The Balaban J connectivity index is 1.94. The van der Waals surface area contributed by atoms with Crippen LogP contribution in [0.2, 0.25) is 10.0 Å². The summed E-state index contributed by atoms with van der Waals surface area (Å²) in [6, 6.07) is 11.0. The van der Waals surface area contributed by atoms with Crippen LogP contribution in [0.4, 0.5) is 0 Å². The van der Waals surface area contributed by atoms with Gasteiger partial charge in [0.05, 0.1) is 9.92 Å². The third-order valence-corrected chi connectivity index (χ3v) is 5.72. The van der Waals surface area contributed by atoms with Crippen LogP contribution in [0.25, 0.3) is 0 Å². The zero-order valence-corrected chi connectivity index (χ0v) is 17.2. The van der Waals surface area contributed by atoms with E-state index < -0.39 is 10.0 Å². The van der Waals surface area contributed by atoms with E-state index >= 15 is 0 Å². The number of nitrogens with one attached hydrogen (secondary N) is 2. The van der Waals surface area contributed by atoms with E-state index in [1.807, 2.05) is 12.1 Å². The summed E-state index contributed by atoms with van der Waals surface area (Å²) >= 11 is 12.1. The Labute approximate surface area is 168 Å². The van der Waals surface area contributed by atoms with E-state index in [0.29, 0.717) is 5.02 Å². The molecule has 0 atom stereocenters. The van der Waals surface area contributed by atoms with Gasteiger partial charge in [0.25, 0.3) is 5.91 Å². The lowest BCUT2D eigenvalue weighted by molar-refractivity contribution is -0.123. The molecule has 0 aliphatic carbocycles. The highest BCUT2D eigenvalue weighted by Gasteiger charge is 2.17. The SMILES string of the molecule is CC(C)NS(=O)(=O)c1ccc(OCC(=O)NCc2ccccc2Cl)c(Cl)c1. The maximum absolute atomic E-state index is 12.1. The second-order valence-corrected chi connectivity index (χ2v) is 8.55. The molecule has 0 aromatic heterocycles. The number of hydrogen-bond acceptors (Lipinski definition) is 4. The molecular formula is C18H20Cl2N2O4S. The molecule has 0 heterocycles. The summed E-state index contributed by atoms with van der Waals surface area (Å²) in [5.74, 6) is -0.141. The molecule has 2 aromatic rings. The van der Waals surface area contributed by atoms with Gasteiger partial charge in [0.15, 0.2) is 6.61 Å². The fourth-order valence-electron chi connectivity index (χ4n) is 2.17. The molecule has 0 aliphatic rings. The van der Waals surface area contributed by atoms with E-state index in [-0.39, 0.29) is 40.8 Å². The molecule has 0 spiro atoms. The van der Waals surface area contributed by atoms with Crippen LogP contribution in [0.15, 0.2) is 47.4 Å². The number of sulfonamides is 1. The smallest absolute Gasteiger partial charge is 0.258 e. The van der Waals surface area contributed by atoms with Gasteiger partial charge in [0.2, 0.25) is 10.0 Å². The van der Waals surface area contributed by atoms with E-state index in [4.69, 9.17) is 27.9 Å². The number of carbonyl (C=O) groups excluding carboxylic acids is 1. The molecule has 1 amide bonds. The number of amides is 1. The van der Waals surface area contributed by atoms with Crippen LogP contribution in [-0.4, -0.2) is 27.0 Å². The average molecular weight is 431 g/mol. The summed E-state index contributed by atoms with van der Waals surface area (Å²) in [5.41, 5.74) is 0.790. The zero-order valence-electron chi connectivity index (χ0n) is 14.8. The number of carbonyl (C=O) groups is 1. The minimum Gasteiger partial charge on any atom is -0.482 e. The van der Waals surface area contributed by atoms with Crippen LogP contribution in [-0.2, 0) is 21.4 Å². The second-order valence-electron chi connectivity index (χ2n) is 6.03. The number of halogens is 2. The van der Waals surface area contributed by atoms with Crippen molar-refractivity contribution < 1.29 is 17.9 Å². The Morgan fingerprint density at radius 3 is 2.44 bits per heavy atom. The van der Waals surface area contributed by atoms with Crippen LogP contribution in [0.1, 0.15) is 19.4 Å². The van der Waals surface area contributed by atoms with Gasteiger partial charge in [-0.25, -0.2) is 13.1 Å². The first-order valence-electron chi connectivity index (χ1n) is 8.14. The minimum atomic E-state index is -3.66. The highest BCUT2D eigenvalue weighted by atomic mass is 35.5. The standard InChI is InChI=1S/C18H20Cl2N2O4S/c1-12(2)22-27(24,25)14-7-8-17(16(20)9-14)26-11-18(23)21-10-13-5-3-4-6-15(13)19/h3-9,12,22H,10-11H2,1-2H3,(H,21,23). The van der Waals surface area contributed by atoms with Gasteiger partial charge in [0, 0.05) is 17.6 Å². The average Bonchev–Trinajstić information content (AvgIpc) is 2.58. The zero-order chi connectivity index (χ0) is 20.0. The maximum Gasteiger partial charge on any atom is 0.258 e. The minimum absolute atomic E-state index is 0.0247. The highest BCUT2D eigenvalue weighted by Crippen LogP contribution is 2.27. The normalized spacial score (nSPS) is 11.4. The summed E-state index contributed by atoms with van der Waals surface area (Å²) in [7, 11) is -3.66. The maximum atomic E-state index is 12.1. The summed E-state index contributed by atoms with van der Waals surface area (Å²) in [6.45, 7) is 3.45. The molecule has 2 aromatic carbocycles. The molecule has 27 heavy (non-hydrogen) atoms. The summed E-state index contributed by atoms with van der Waals surface area (Å²) in [5, 5.41) is 3.35. The highest BCUT2D eigenvalue weighted by molar-refractivity contribution is 7.89. The summed E-state index contributed by atoms with van der Waals surface area (Å²) in [4.78, 5) is 12.0. The molecule has 0 unspecified atom stereocenters. The first-order valence-corrected chi connectivity index (χ1v) is 10.4. The predicted octanol–water partition coefficient (Wildman–Crippen LogP) is 3.38. The lowest BCUT2D eigenvalue weighted by Crippen LogP contribution is -2.30. The third-order valence-electron chi connectivity index (χ3n) is 3.40. The van der Waals surface area contributed by atoms with E-state index in [0.717, 1.165) is 5.56 Å². The molecule has 146 valence electrons. The predicted molar refractivity (Wildman–Crippen MR) is 106 cm³/mol. The molecule has 6 nitrogen and oxygen atoms in total. The van der Waals surface area contributed by atoms with Gasteiger partial charge in [-0.3, -0.25) is 4.79 Å². The van der Waals surface area contributed by atoms with Crippen LogP contribution in [0.5, 0.6) is 5.75 Å². The molecule has 2 rings (SSSR count). The van der Waals surface area contributed by atoms with Crippen LogP contribution < -0.4 is 14.8 Å². The molecule has 0 bridgehead atoms. The number of rotatable bonds is 8. The Morgan fingerprint density at radius 2 is 1.81 bits per heavy atom. The molecule has 0 fully saturated rings. The van der Waals surface area contributed by atoms with E-state index in [9.17, 15) is 13.2 Å². The van der Waals surface area contributed by atoms with Gasteiger partial charge in [-0.05, 0) is 43.7 Å². The lowest BCUT2D eigenvalue weighted by atomic mass is 10.2. The monoisotopic (exact) mass is 430 g/mol. The number of benzene rings is 2. The second kappa shape index (κ2) is 9.41. The van der Waals surface area contributed by atoms with Crippen LogP contribution in [0, 0.1) is 0 Å². The first-order chi connectivity index (χ1) is 12.7. The first kappa shape index (κ1) is 21.5.